The molecule has 13 heteroatoms. The molecule has 30 heavy (non-hydrogen) atoms. The number of amides is 2. The van der Waals surface area contributed by atoms with Crippen LogP contribution in [0.1, 0.15) is 19.3 Å². The van der Waals surface area contributed by atoms with Gasteiger partial charge in [-0.05, 0) is 0 Å². The topological polar surface area (TPSA) is 182 Å². The van der Waals surface area contributed by atoms with Gasteiger partial charge in [-0.3, -0.25) is 9.59 Å². The van der Waals surface area contributed by atoms with Crippen LogP contribution in [0, 0.1) is 0 Å². The highest BCUT2D eigenvalue weighted by Crippen LogP contribution is 2.21. The zero-order valence-electron chi connectivity index (χ0n) is 16.3. The number of hydroxylamine groups is 2. The monoisotopic (exact) mass is 437 g/mol. The minimum absolute atomic E-state index is 0.00685. The van der Waals surface area contributed by atoms with Crippen LogP contribution in [0.4, 0.5) is 0 Å². The third kappa shape index (κ3) is 6.92. The Balaban J connectivity index is 1.48. The van der Waals surface area contributed by atoms with Gasteiger partial charge in [0.25, 0.3) is 11.8 Å². The number of aliphatic hydroxyl groups excluding tert-OH is 4. The van der Waals surface area contributed by atoms with Crippen LogP contribution < -0.4 is 0 Å². The molecular weight excluding hydrogens is 410 g/mol. The van der Waals surface area contributed by atoms with Crippen LogP contribution in [0.3, 0.4) is 0 Å². The van der Waals surface area contributed by atoms with E-state index in [1.807, 2.05) is 0 Å². The number of rotatable bonds is 12. The normalized spacial score (nSPS) is 29.5. The fourth-order valence-electron chi connectivity index (χ4n) is 2.71. The Morgan fingerprint density at radius 3 is 2.17 bits per heavy atom. The average molecular weight is 437 g/mol. The van der Waals surface area contributed by atoms with Crippen LogP contribution in [0.5, 0.6) is 0 Å². The van der Waals surface area contributed by atoms with Crippen molar-refractivity contribution in [3.05, 3.63) is 0 Å². The highest BCUT2D eigenvalue weighted by molar-refractivity contribution is 6.01. The number of ether oxygens (including phenoxy) is 4. The van der Waals surface area contributed by atoms with Gasteiger partial charge in [-0.15, -0.1) is 5.06 Å². The summed E-state index contributed by atoms with van der Waals surface area (Å²) in [6, 6.07) is 0. The molecule has 0 spiro atoms. The minimum Gasteiger partial charge on any atom is -0.394 e. The molecule has 0 aromatic heterocycles. The first-order valence-corrected chi connectivity index (χ1v) is 9.49. The van der Waals surface area contributed by atoms with Crippen LogP contribution in [-0.2, 0) is 38.2 Å². The molecule has 0 bridgehead atoms. The fourth-order valence-corrected chi connectivity index (χ4v) is 2.71. The number of aliphatic hydroxyl groups is 4. The molecule has 4 N–H and O–H groups in total. The van der Waals surface area contributed by atoms with Gasteiger partial charge in [0.15, 0.2) is 6.29 Å². The van der Waals surface area contributed by atoms with Gasteiger partial charge in [0.1, 0.15) is 24.4 Å². The fraction of sp³-hybridized carbons (Fsp3) is 0.824. The first kappa shape index (κ1) is 24.6. The molecule has 172 valence electrons. The lowest BCUT2D eigenvalue weighted by molar-refractivity contribution is -0.302. The lowest BCUT2D eigenvalue weighted by atomic mass is 9.99. The van der Waals surface area contributed by atoms with E-state index in [2.05, 4.69) is 4.84 Å². The second kappa shape index (κ2) is 12.2. The molecule has 2 fully saturated rings. The number of nitrogens with zero attached hydrogens (tertiary/aromatic N) is 1. The van der Waals surface area contributed by atoms with Gasteiger partial charge in [0.2, 0.25) is 0 Å². The molecule has 0 saturated carbocycles. The van der Waals surface area contributed by atoms with E-state index < -0.39 is 55.1 Å². The summed E-state index contributed by atoms with van der Waals surface area (Å²) in [4.78, 5) is 38.9. The predicted molar refractivity (Wildman–Crippen MR) is 93.2 cm³/mol. The lowest BCUT2D eigenvalue weighted by Crippen LogP contribution is -2.59. The summed E-state index contributed by atoms with van der Waals surface area (Å²) in [5, 5.41) is 38.7. The van der Waals surface area contributed by atoms with E-state index in [0.717, 1.165) is 0 Å². The van der Waals surface area contributed by atoms with Crippen molar-refractivity contribution in [3.8, 4) is 0 Å². The van der Waals surface area contributed by atoms with E-state index in [1.165, 1.54) is 0 Å². The highest BCUT2D eigenvalue weighted by atomic mass is 16.7. The smallest absolute Gasteiger partial charge is 0.335 e. The summed E-state index contributed by atoms with van der Waals surface area (Å²) in [5.74, 6) is -1.85. The van der Waals surface area contributed by atoms with Gasteiger partial charge >= 0.3 is 5.97 Å². The van der Waals surface area contributed by atoms with E-state index in [-0.39, 0.29) is 52.3 Å². The Morgan fingerprint density at radius 2 is 1.53 bits per heavy atom. The molecule has 2 aliphatic rings. The third-order valence-electron chi connectivity index (χ3n) is 4.38. The maximum Gasteiger partial charge on any atom is 0.335 e. The van der Waals surface area contributed by atoms with E-state index in [4.69, 9.17) is 24.1 Å². The second-order valence-corrected chi connectivity index (χ2v) is 6.59. The quantitative estimate of drug-likeness (QED) is 0.178. The van der Waals surface area contributed by atoms with Crippen molar-refractivity contribution in [3.63, 3.8) is 0 Å². The number of hydrogen-bond donors (Lipinski definition) is 4. The summed E-state index contributed by atoms with van der Waals surface area (Å²) in [5.41, 5.74) is 0. The molecular formula is C17H27NO12. The molecule has 0 aliphatic carbocycles. The molecule has 2 saturated heterocycles. The Bertz CT molecular complexity index is 569. The van der Waals surface area contributed by atoms with Crippen molar-refractivity contribution >= 4 is 17.8 Å². The summed E-state index contributed by atoms with van der Waals surface area (Å²) in [7, 11) is 0. The van der Waals surface area contributed by atoms with Crippen molar-refractivity contribution in [1.82, 2.24) is 5.06 Å². The van der Waals surface area contributed by atoms with Crippen LogP contribution >= 0.6 is 0 Å². The van der Waals surface area contributed by atoms with Gasteiger partial charge in [-0.1, -0.05) is 0 Å². The van der Waals surface area contributed by atoms with Crippen LogP contribution in [0.15, 0.2) is 0 Å². The Labute approximate surface area is 172 Å². The van der Waals surface area contributed by atoms with Crippen LogP contribution in [0.25, 0.3) is 0 Å². The zero-order chi connectivity index (χ0) is 22.1. The van der Waals surface area contributed by atoms with Crippen LogP contribution in [0.2, 0.25) is 0 Å². The van der Waals surface area contributed by atoms with Gasteiger partial charge in [0.05, 0.1) is 46.1 Å². The molecule has 2 amide bonds. The lowest BCUT2D eigenvalue weighted by Gasteiger charge is -2.39. The number of hydrogen-bond acceptors (Lipinski definition) is 12. The molecule has 13 nitrogen and oxygen atoms in total. The highest BCUT2D eigenvalue weighted by Gasteiger charge is 2.43. The molecule has 5 atom stereocenters. The van der Waals surface area contributed by atoms with Gasteiger partial charge in [-0.25, -0.2) is 4.79 Å². The number of carbonyl (C=O) groups excluding carboxylic acids is 3. The number of imide groups is 1. The summed E-state index contributed by atoms with van der Waals surface area (Å²) in [6.07, 6.45) is -6.79. The molecule has 2 rings (SSSR count). The van der Waals surface area contributed by atoms with Gasteiger partial charge < -0.3 is 44.2 Å². The maximum atomic E-state index is 11.6. The molecule has 0 radical (unpaired) electrons. The largest absolute Gasteiger partial charge is 0.394 e. The SMILES string of the molecule is O=C(CCOCCOCCO[C@@H]1O[C@H](CO)[C@@H](O)[C@H](O)[C@H]1O)ON1C(=O)CCC1=O. The minimum atomic E-state index is -1.51. The molecule has 0 unspecified atom stereocenters. The first-order valence-electron chi connectivity index (χ1n) is 9.49. The van der Waals surface area contributed by atoms with Crippen molar-refractivity contribution in [2.24, 2.45) is 0 Å². The third-order valence-corrected chi connectivity index (χ3v) is 4.38. The Morgan fingerprint density at radius 1 is 0.933 bits per heavy atom. The van der Waals surface area contributed by atoms with E-state index in [0.29, 0.717) is 5.06 Å². The standard InChI is InChI=1S/C17H27NO12/c19-9-10-14(23)15(24)16(25)17(29-10)28-8-7-27-6-5-26-4-3-13(22)30-18-11(20)1-2-12(18)21/h10,14-17,19,23-25H,1-9H2/t10-,14-,15+,16-,17-/m1/s1. The molecule has 0 aromatic rings. The van der Waals surface area contributed by atoms with Gasteiger partial charge in [-0.2, -0.15) is 0 Å². The molecule has 2 aliphatic heterocycles. The van der Waals surface area contributed by atoms with Crippen molar-refractivity contribution < 1.29 is 58.6 Å². The molecule has 2 heterocycles. The van der Waals surface area contributed by atoms with E-state index >= 15 is 0 Å². The first-order chi connectivity index (χ1) is 14.3. The zero-order valence-corrected chi connectivity index (χ0v) is 16.3. The second-order valence-electron chi connectivity index (χ2n) is 6.59. The summed E-state index contributed by atoms with van der Waals surface area (Å²) >= 11 is 0. The van der Waals surface area contributed by atoms with Crippen LogP contribution in [-0.4, -0.2) is 114 Å². The molecule has 0 aromatic carbocycles. The van der Waals surface area contributed by atoms with E-state index in [9.17, 15) is 29.7 Å². The maximum absolute atomic E-state index is 11.6. The number of carbonyl (C=O) groups is 3. The average Bonchev–Trinajstić information content (AvgIpc) is 3.04. The van der Waals surface area contributed by atoms with Crippen molar-refractivity contribution in [2.75, 3.05) is 39.6 Å². The Kier molecular flexibility index (Phi) is 10.0. The van der Waals surface area contributed by atoms with Crippen molar-refractivity contribution in [2.45, 2.75) is 50.0 Å². The summed E-state index contributed by atoms with van der Waals surface area (Å²) in [6.45, 7) is -0.0752. The van der Waals surface area contributed by atoms with Crippen molar-refractivity contribution in [1.29, 1.82) is 0 Å². The summed E-state index contributed by atoms with van der Waals surface area (Å²) < 4.78 is 20.8. The Hall–Kier alpha value is -1.71. The van der Waals surface area contributed by atoms with E-state index in [1.54, 1.807) is 0 Å². The predicted octanol–water partition coefficient (Wildman–Crippen LogP) is -3.17. The van der Waals surface area contributed by atoms with Gasteiger partial charge in [0, 0.05) is 12.8 Å².